The van der Waals surface area contributed by atoms with Crippen molar-refractivity contribution >= 4 is 58.3 Å². The highest BCUT2D eigenvalue weighted by Gasteiger charge is 2.30. The molecule has 236 valence electrons. The molecule has 46 heavy (non-hydrogen) atoms. The van der Waals surface area contributed by atoms with Crippen molar-refractivity contribution in [1.29, 1.82) is 0 Å². The lowest BCUT2D eigenvalue weighted by Crippen LogP contribution is -2.48. The van der Waals surface area contributed by atoms with Gasteiger partial charge in [0.1, 0.15) is 28.8 Å². The molecule has 1 unspecified atom stereocenters. The lowest BCUT2D eigenvalue weighted by molar-refractivity contribution is -0.133. The molecule has 0 bridgehead atoms. The number of hydrogen-bond acceptors (Lipinski definition) is 9. The summed E-state index contributed by atoms with van der Waals surface area (Å²) in [6.07, 6.45) is 10.3. The number of fused-ring (bicyclic) bond motifs is 1. The van der Waals surface area contributed by atoms with Crippen LogP contribution in [0.1, 0.15) is 29.5 Å². The fraction of sp³-hybridized carbons (Fsp3) is 0.267. The van der Waals surface area contributed by atoms with Crippen LogP contribution in [-0.4, -0.2) is 102 Å². The molecule has 2 aliphatic heterocycles. The minimum Gasteiger partial charge on any atom is -0.511 e. The van der Waals surface area contributed by atoms with Gasteiger partial charge in [-0.3, -0.25) is 14.4 Å². The second-order valence-corrected chi connectivity index (χ2v) is 11.7. The fourth-order valence-electron chi connectivity index (χ4n) is 5.30. The van der Waals surface area contributed by atoms with Crippen LogP contribution in [0.25, 0.3) is 17.3 Å². The maximum Gasteiger partial charge on any atom is 0.273 e. The van der Waals surface area contributed by atoms with Gasteiger partial charge in [0.25, 0.3) is 5.91 Å². The minimum absolute atomic E-state index is 0.0699. The number of nitrogens with one attached hydrogen (secondary N) is 2. The van der Waals surface area contributed by atoms with Crippen LogP contribution in [0.2, 0.25) is 10.2 Å². The van der Waals surface area contributed by atoms with E-state index in [4.69, 9.17) is 23.2 Å². The minimum atomic E-state index is -0.861. The number of carbonyl (C=O) groups excluding carboxylic acids is 3. The summed E-state index contributed by atoms with van der Waals surface area (Å²) in [4.78, 5) is 54.0. The van der Waals surface area contributed by atoms with E-state index in [0.717, 1.165) is 19.2 Å². The molecule has 2 atom stereocenters. The van der Waals surface area contributed by atoms with Crippen LogP contribution in [0.15, 0.2) is 65.7 Å². The second kappa shape index (κ2) is 13.2. The van der Waals surface area contributed by atoms with E-state index in [-0.39, 0.29) is 29.1 Å². The van der Waals surface area contributed by atoms with Crippen molar-refractivity contribution in [3.63, 3.8) is 0 Å². The number of aromatic amines is 1. The smallest absolute Gasteiger partial charge is 0.273 e. The molecule has 3 aromatic rings. The van der Waals surface area contributed by atoms with Crippen molar-refractivity contribution in [2.45, 2.75) is 12.5 Å². The number of amides is 3. The number of carbonyl (C=O) groups is 3. The first-order valence-corrected chi connectivity index (χ1v) is 15.1. The second-order valence-electron chi connectivity index (χ2n) is 10.9. The number of H-pyrrole nitrogens is 1. The first-order valence-electron chi connectivity index (χ1n) is 14.3. The molecule has 3 N–H and O–H groups in total. The maximum atomic E-state index is 13.4. The Morgan fingerprint density at radius 2 is 2.00 bits per heavy atom. The molecule has 4 heterocycles. The zero-order valence-electron chi connectivity index (χ0n) is 24.5. The first kappa shape index (κ1) is 31.1. The van der Waals surface area contributed by atoms with E-state index in [1.54, 1.807) is 47.4 Å². The third-order valence-corrected chi connectivity index (χ3v) is 8.27. The van der Waals surface area contributed by atoms with Crippen LogP contribution in [0.3, 0.4) is 0 Å². The van der Waals surface area contributed by atoms with E-state index in [1.165, 1.54) is 17.1 Å². The van der Waals surface area contributed by atoms with Crippen LogP contribution in [-0.2, 0) is 14.4 Å². The number of aliphatic imine (C=N–C) groups is 1. The number of likely N-dealkylation sites (N-methyl/N-ethyl adjacent to an activating group) is 1. The van der Waals surface area contributed by atoms with Crippen LogP contribution < -0.4 is 5.32 Å². The normalized spacial score (nSPS) is 19.0. The summed E-state index contributed by atoms with van der Waals surface area (Å²) in [6, 6.07) is 4.22. The van der Waals surface area contributed by atoms with Gasteiger partial charge in [0.2, 0.25) is 11.8 Å². The lowest BCUT2D eigenvalue weighted by atomic mass is 9.89. The summed E-state index contributed by atoms with van der Waals surface area (Å²) in [6.45, 7) is 2.62. The predicted molar refractivity (Wildman–Crippen MR) is 170 cm³/mol. The van der Waals surface area contributed by atoms with Gasteiger partial charge in [-0.2, -0.15) is 4.68 Å². The topological polar surface area (TPSA) is 175 Å². The number of hydrogen-bond donors (Lipinski definition) is 3. The number of aromatic nitrogens is 6. The van der Waals surface area contributed by atoms with Crippen molar-refractivity contribution in [2.75, 3.05) is 33.2 Å². The highest BCUT2D eigenvalue weighted by molar-refractivity contribution is 6.31. The molecular weight excluding hydrogens is 635 g/mol. The van der Waals surface area contributed by atoms with Crippen LogP contribution >= 0.6 is 23.2 Å². The molecule has 6 rings (SSSR count). The first-order chi connectivity index (χ1) is 22.1. The monoisotopic (exact) mass is 662 g/mol. The Morgan fingerprint density at radius 1 is 1.20 bits per heavy atom. The molecular formula is C30H28Cl2N10O4. The molecule has 1 aromatic carbocycles. The largest absolute Gasteiger partial charge is 0.511 e. The molecule has 1 saturated heterocycles. The van der Waals surface area contributed by atoms with Gasteiger partial charge in [-0.05, 0) is 47.8 Å². The maximum absolute atomic E-state index is 13.4. The van der Waals surface area contributed by atoms with Gasteiger partial charge in [-0.15, -0.1) is 5.10 Å². The zero-order valence-corrected chi connectivity index (χ0v) is 26.0. The highest BCUT2D eigenvalue weighted by atomic mass is 35.5. The third-order valence-electron chi connectivity index (χ3n) is 7.76. The number of aliphatic hydroxyl groups excluding tert-OH is 1. The quantitative estimate of drug-likeness (QED) is 0.306. The summed E-state index contributed by atoms with van der Waals surface area (Å²) >= 11 is 12.8. The third kappa shape index (κ3) is 6.83. The summed E-state index contributed by atoms with van der Waals surface area (Å²) in [7, 11) is 2.00. The number of halogens is 2. The number of rotatable bonds is 8. The Kier molecular flexibility index (Phi) is 8.92. The SMILES string of the molecule is CN1CCN(C(=O)C[C@H](NC(=O)/C=C/c2cc(Cl)ccc2-n2cnnn2)c2nc(C3=CC4C(O)=CC(=O)N=C4C=C3)c(Cl)[nH]2)CC1. The summed E-state index contributed by atoms with van der Waals surface area (Å²) < 4.78 is 1.45. The van der Waals surface area contributed by atoms with Gasteiger partial charge in [0, 0.05) is 54.5 Å². The molecule has 0 spiro atoms. The zero-order chi connectivity index (χ0) is 32.4. The van der Waals surface area contributed by atoms with Gasteiger partial charge < -0.3 is 25.2 Å². The molecule has 2 aromatic heterocycles. The van der Waals surface area contributed by atoms with Crippen molar-refractivity contribution in [3.8, 4) is 5.69 Å². The Hall–Kier alpha value is -4.92. The molecule has 3 aliphatic rings. The number of benzene rings is 1. The molecule has 1 fully saturated rings. The molecule has 1 aliphatic carbocycles. The van der Waals surface area contributed by atoms with E-state index in [2.05, 4.69) is 40.7 Å². The number of aliphatic hydroxyl groups is 1. The number of imidazole rings is 1. The van der Waals surface area contributed by atoms with E-state index in [9.17, 15) is 19.5 Å². The van der Waals surface area contributed by atoms with Crippen molar-refractivity contribution < 1.29 is 19.5 Å². The molecule has 3 amide bonds. The lowest BCUT2D eigenvalue weighted by Gasteiger charge is -2.33. The standard InChI is InChI=1S/C30H28Cl2N10O4/c1-40-8-10-41(11-9-40)27(46)14-22(35-25(44)7-3-17-12-19(31)4-6-23(17)42-16-33-38-39-42)30-36-28(29(32)37-30)18-2-5-21-20(13-18)24(43)15-26(45)34-21/h2-7,12-13,15-16,20,22,43H,8-11,14H2,1H3,(H,35,44)(H,36,37)/b7-3+/t20?,22-/m0/s1. The fourth-order valence-corrected chi connectivity index (χ4v) is 5.73. The van der Waals surface area contributed by atoms with Gasteiger partial charge in [0.05, 0.1) is 29.8 Å². The van der Waals surface area contributed by atoms with Crippen LogP contribution in [0.5, 0.6) is 0 Å². The van der Waals surface area contributed by atoms with Crippen LogP contribution in [0, 0.1) is 5.92 Å². The number of piperazine rings is 1. The van der Waals surface area contributed by atoms with E-state index in [0.29, 0.717) is 46.3 Å². The van der Waals surface area contributed by atoms with Gasteiger partial charge in [-0.1, -0.05) is 35.4 Å². The molecule has 14 nitrogen and oxygen atoms in total. The molecule has 16 heteroatoms. The van der Waals surface area contributed by atoms with Crippen molar-refractivity contribution in [2.24, 2.45) is 10.9 Å². The van der Waals surface area contributed by atoms with Crippen LogP contribution in [0.4, 0.5) is 0 Å². The number of tetrazole rings is 1. The van der Waals surface area contributed by atoms with Crippen molar-refractivity contribution in [1.82, 2.24) is 45.3 Å². The van der Waals surface area contributed by atoms with E-state index in [1.807, 2.05) is 7.05 Å². The molecule has 0 radical (unpaired) electrons. The Morgan fingerprint density at radius 3 is 2.76 bits per heavy atom. The van der Waals surface area contributed by atoms with Gasteiger partial charge >= 0.3 is 0 Å². The Bertz CT molecular complexity index is 1830. The van der Waals surface area contributed by atoms with Gasteiger partial charge in [0.15, 0.2) is 0 Å². The number of nitrogens with zero attached hydrogens (tertiary/aromatic N) is 8. The summed E-state index contributed by atoms with van der Waals surface area (Å²) in [5.74, 6) is -1.67. The van der Waals surface area contributed by atoms with E-state index >= 15 is 0 Å². The predicted octanol–water partition coefficient (Wildman–Crippen LogP) is 2.72. The summed E-state index contributed by atoms with van der Waals surface area (Å²) in [5.41, 5.74) is 2.51. The van der Waals surface area contributed by atoms with Gasteiger partial charge in [-0.25, -0.2) is 9.98 Å². The average molecular weight is 664 g/mol. The summed E-state index contributed by atoms with van der Waals surface area (Å²) in [5, 5.41) is 25.1. The average Bonchev–Trinajstić information content (AvgIpc) is 3.70. The number of dihydropyridines is 1. The molecule has 0 saturated carbocycles. The Labute approximate surface area is 272 Å². The van der Waals surface area contributed by atoms with E-state index < -0.39 is 23.8 Å². The highest BCUT2D eigenvalue weighted by Crippen LogP contribution is 2.32. The Balaban J connectivity index is 1.26. The number of allylic oxidation sites excluding steroid dienone is 4. The van der Waals surface area contributed by atoms with Crippen molar-refractivity contribution in [3.05, 3.63) is 87.9 Å².